The number of ketones is 1. The Kier molecular flexibility index (Phi) is 8.17. The van der Waals surface area contributed by atoms with Gasteiger partial charge in [-0.05, 0) is 42.7 Å². The van der Waals surface area contributed by atoms with Crippen molar-refractivity contribution in [3.63, 3.8) is 0 Å². The van der Waals surface area contributed by atoms with E-state index in [1.54, 1.807) is 25.1 Å². The summed E-state index contributed by atoms with van der Waals surface area (Å²) in [5.41, 5.74) is 3.56. The number of carbonyl (C=O) groups is 2. The lowest BCUT2D eigenvalue weighted by atomic mass is 9.88. The van der Waals surface area contributed by atoms with Gasteiger partial charge in [0.2, 0.25) is 0 Å². The molecule has 0 radical (unpaired) electrons. The molecule has 2 aromatic rings. The lowest BCUT2D eigenvalue weighted by Crippen LogP contribution is -2.15. The Labute approximate surface area is 181 Å². The molecule has 0 aliphatic heterocycles. The van der Waals surface area contributed by atoms with Crippen molar-refractivity contribution in [2.45, 2.75) is 45.6 Å². The van der Waals surface area contributed by atoms with Gasteiger partial charge in [0, 0.05) is 17.5 Å². The van der Waals surface area contributed by atoms with Crippen LogP contribution in [0.2, 0.25) is 0 Å². The Morgan fingerprint density at radius 1 is 1.29 bits per heavy atom. The number of esters is 1. The van der Waals surface area contributed by atoms with Crippen LogP contribution >= 0.6 is 0 Å². The van der Waals surface area contributed by atoms with Crippen LogP contribution in [0.3, 0.4) is 0 Å². The molecule has 0 saturated carbocycles. The van der Waals surface area contributed by atoms with E-state index in [0.717, 1.165) is 5.56 Å². The highest BCUT2D eigenvalue weighted by Crippen LogP contribution is 2.34. The van der Waals surface area contributed by atoms with Gasteiger partial charge in [-0.2, -0.15) is 5.26 Å². The molecule has 0 spiro atoms. The predicted molar refractivity (Wildman–Crippen MR) is 114 cm³/mol. The highest BCUT2D eigenvalue weighted by atomic mass is 19.1. The number of benzene rings is 1. The topological polar surface area (TPSA) is 100 Å². The molecule has 7 heteroatoms. The summed E-state index contributed by atoms with van der Waals surface area (Å²) in [7, 11) is 1.19. The Morgan fingerprint density at radius 3 is 2.48 bits per heavy atom. The molecule has 1 N–H and O–H groups in total. The minimum Gasteiger partial charge on any atom is -0.469 e. The number of aromatic nitrogens is 1. The van der Waals surface area contributed by atoms with E-state index in [-0.39, 0.29) is 18.2 Å². The standard InChI is InChI=1S/C24H25FN2O4/c1-14(2)23-20(10-9-18(28)11-19(29)12-22(30)31-4)24(27-15(3)21(23)13-26)16-5-7-17(25)8-6-16/h5-10,14,18,28H,11-12H2,1-4H3. The third-order valence-corrected chi connectivity index (χ3v) is 4.75. The number of halogens is 1. The van der Waals surface area contributed by atoms with Crippen molar-refractivity contribution in [2.24, 2.45) is 0 Å². The minimum atomic E-state index is -1.13. The number of aliphatic hydroxyl groups excluding tert-OH is 1. The van der Waals surface area contributed by atoms with Crippen LogP contribution in [0.5, 0.6) is 0 Å². The van der Waals surface area contributed by atoms with Crippen molar-refractivity contribution < 1.29 is 23.8 Å². The van der Waals surface area contributed by atoms with Crippen molar-refractivity contribution in [2.75, 3.05) is 7.11 Å². The van der Waals surface area contributed by atoms with Crippen LogP contribution in [0.1, 0.15) is 55.0 Å². The minimum absolute atomic E-state index is 0.0340. The maximum absolute atomic E-state index is 13.4. The number of hydrogen-bond donors (Lipinski definition) is 1. The first kappa shape index (κ1) is 23.9. The summed E-state index contributed by atoms with van der Waals surface area (Å²) in [4.78, 5) is 27.7. The van der Waals surface area contributed by atoms with Crippen molar-refractivity contribution in [3.8, 4) is 17.3 Å². The fourth-order valence-corrected chi connectivity index (χ4v) is 3.29. The zero-order chi connectivity index (χ0) is 23.1. The molecule has 0 aliphatic carbocycles. The van der Waals surface area contributed by atoms with Crippen LogP contribution in [0.25, 0.3) is 17.3 Å². The van der Waals surface area contributed by atoms with Crippen molar-refractivity contribution in [3.05, 3.63) is 58.5 Å². The van der Waals surface area contributed by atoms with E-state index < -0.39 is 24.3 Å². The summed E-state index contributed by atoms with van der Waals surface area (Å²) >= 11 is 0. The largest absolute Gasteiger partial charge is 0.469 e. The molecular weight excluding hydrogens is 399 g/mol. The maximum atomic E-state index is 13.4. The van der Waals surface area contributed by atoms with Crippen LogP contribution in [-0.2, 0) is 14.3 Å². The highest BCUT2D eigenvalue weighted by Gasteiger charge is 2.20. The molecule has 0 saturated heterocycles. The van der Waals surface area contributed by atoms with E-state index >= 15 is 0 Å². The molecule has 1 heterocycles. The molecule has 6 nitrogen and oxygen atoms in total. The van der Waals surface area contributed by atoms with Gasteiger partial charge in [0.1, 0.15) is 24.1 Å². The molecule has 1 aromatic carbocycles. The fraction of sp³-hybridized carbons (Fsp3) is 0.333. The number of nitrogens with zero attached hydrogens (tertiary/aromatic N) is 2. The Morgan fingerprint density at radius 2 is 1.94 bits per heavy atom. The van der Waals surface area contributed by atoms with E-state index in [2.05, 4.69) is 15.8 Å². The van der Waals surface area contributed by atoms with Crippen LogP contribution in [0, 0.1) is 24.1 Å². The summed E-state index contributed by atoms with van der Waals surface area (Å²) < 4.78 is 17.9. The summed E-state index contributed by atoms with van der Waals surface area (Å²) in [5, 5.41) is 20.0. The second-order valence-electron chi connectivity index (χ2n) is 7.44. The van der Waals surface area contributed by atoms with Gasteiger partial charge in [0.15, 0.2) is 0 Å². The van der Waals surface area contributed by atoms with Crippen molar-refractivity contribution in [1.29, 1.82) is 5.26 Å². The SMILES string of the molecule is COC(=O)CC(=O)CC(O)C=Cc1c(-c2ccc(F)cc2)nc(C)c(C#N)c1C(C)C. The van der Waals surface area contributed by atoms with E-state index in [0.29, 0.717) is 28.1 Å². The number of Topliss-reactive ketones (excluding diaryl/α,β-unsaturated/α-hetero) is 1. The number of carbonyl (C=O) groups excluding carboxylic acids is 2. The van der Waals surface area contributed by atoms with Gasteiger partial charge >= 0.3 is 5.97 Å². The van der Waals surface area contributed by atoms with Gasteiger partial charge < -0.3 is 9.84 Å². The molecule has 31 heavy (non-hydrogen) atoms. The fourth-order valence-electron chi connectivity index (χ4n) is 3.29. The number of aryl methyl sites for hydroxylation is 1. The summed E-state index contributed by atoms with van der Waals surface area (Å²) in [6, 6.07) is 8.05. The average Bonchev–Trinajstić information content (AvgIpc) is 2.72. The molecule has 2 rings (SSSR count). The van der Waals surface area contributed by atoms with Gasteiger partial charge in [0.05, 0.1) is 30.2 Å². The highest BCUT2D eigenvalue weighted by molar-refractivity contribution is 5.95. The smallest absolute Gasteiger partial charge is 0.313 e. The zero-order valence-electron chi connectivity index (χ0n) is 18.0. The quantitative estimate of drug-likeness (QED) is 0.506. The molecule has 1 aromatic heterocycles. The second kappa shape index (κ2) is 10.6. The normalized spacial score (nSPS) is 12.1. The maximum Gasteiger partial charge on any atom is 0.313 e. The molecule has 0 fully saturated rings. The van der Waals surface area contributed by atoms with E-state index in [9.17, 15) is 24.3 Å². The van der Waals surface area contributed by atoms with E-state index in [4.69, 9.17) is 0 Å². The number of ether oxygens (including phenoxy) is 1. The zero-order valence-corrected chi connectivity index (χ0v) is 18.0. The Hall–Kier alpha value is -3.37. The molecule has 162 valence electrons. The number of hydrogen-bond acceptors (Lipinski definition) is 6. The van der Waals surface area contributed by atoms with Crippen molar-refractivity contribution >= 4 is 17.8 Å². The second-order valence-corrected chi connectivity index (χ2v) is 7.44. The van der Waals surface area contributed by atoms with Crippen molar-refractivity contribution in [1.82, 2.24) is 4.98 Å². The average molecular weight is 424 g/mol. The summed E-state index contributed by atoms with van der Waals surface area (Å²) in [6.45, 7) is 5.63. The first-order valence-corrected chi connectivity index (χ1v) is 9.83. The van der Waals surface area contributed by atoms with Crippen LogP contribution in [0.4, 0.5) is 4.39 Å². The van der Waals surface area contributed by atoms with Gasteiger partial charge in [-0.15, -0.1) is 0 Å². The number of aliphatic hydroxyl groups is 1. The van der Waals surface area contributed by atoms with Crippen LogP contribution in [-0.4, -0.2) is 35.1 Å². The van der Waals surface area contributed by atoms with Gasteiger partial charge in [0.25, 0.3) is 0 Å². The lowest BCUT2D eigenvalue weighted by Gasteiger charge is -2.18. The summed E-state index contributed by atoms with van der Waals surface area (Å²) in [5.74, 6) is -1.53. The first-order valence-electron chi connectivity index (χ1n) is 9.83. The molecule has 0 bridgehead atoms. The van der Waals surface area contributed by atoms with Gasteiger partial charge in [-0.3, -0.25) is 14.6 Å². The van der Waals surface area contributed by atoms with E-state index in [1.165, 1.54) is 25.3 Å². The molecule has 0 amide bonds. The number of methoxy groups -OCH3 is 1. The number of pyridine rings is 1. The van der Waals surface area contributed by atoms with Crippen LogP contribution < -0.4 is 0 Å². The Balaban J connectivity index is 2.51. The third kappa shape index (κ3) is 6.06. The third-order valence-electron chi connectivity index (χ3n) is 4.75. The van der Waals surface area contributed by atoms with Gasteiger partial charge in [-0.1, -0.05) is 26.0 Å². The molecule has 1 unspecified atom stereocenters. The van der Waals surface area contributed by atoms with Crippen LogP contribution in [0.15, 0.2) is 30.3 Å². The Bertz CT molecular complexity index is 1040. The molecule has 1 atom stereocenters. The lowest BCUT2D eigenvalue weighted by molar-refractivity contribution is -0.143. The number of rotatable bonds is 8. The van der Waals surface area contributed by atoms with E-state index in [1.807, 2.05) is 13.8 Å². The van der Waals surface area contributed by atoms with Gasteiger partial charge in [-0.25, -0.2) is 4.39 Å². The first-order chi connectivity index (χ1) is 14.7. The molecular formula is C24H25FN2O4. The molecule has 0 aliphatic rings. The summed E-state index contributed by atoms with van der Waals surface area (Å²) in [6.07, 6.45) is 1.26. The monoisotopic (exact) mass is 424 g/mol. The number of nitriles is 1. The predicted octanol–water partition coefficient (Wildman–Crippen LogP) is 4.09.